The Balaban J connectivity index is 1.67. The molecule has 11 heteroatoms. The molecular formula is C19H14ClF3N4O2S. The molecule has 0 aliphatic rings. The average Bonchev–Trinajstić information content (AvgIpc) is 3.03. The highest BCUT2D eigenvalue weighted by molar-refractivity contribution is 7.17. The Kier molecular flexibility index (Phi) is 6.28. The van der Waals surface area contributed by atoms with Crippen LogP contribution in [0.2, 0.25) is 5.02 Å². The first-order valence-electron chi connectivity index (χ1n) is 8.41. The third kappa shape index (κ3) is 5.49. The predicted octanol–water partition coefficient (Wildman–Crippen LogP) is 6.02. The fourth-order valence-corrected chi connectivity index (χ4v) is 3.40. The lowest BCUT2D eigenvalue weighted by atomic mass is 10.2. The van der Waals surface area contributed by atoms with E-state index in [0.717, 1.165) is 23.5 Å². The lowest BCUT2D eigenvalue weighted by Gasteiger charge is -2.09. The number of thiazole rings is 1. The Morgan fingerprint density at radius 2 is 1.70 bits per heavy atom. The van der Waals surface area contributed by atoms with Gasteiger partial charge in [0.2, 0.25) is 0 Å². The zero-order chi connectivity index (χ0) is 21.9. The number of aromatic nitrogens is 1. The van der Waals surface area contributed by atoms with Crippen molar-refractivity contribution in [3.8, 4) is 0 Å². The molecule has 1 heterocycles. The summed E-state index contributed by atoms with van der Waals surface area (Å²) in [6.45, 7) is 1.56. The van der Waals surface area contributed by atoms with Gasteiger partial charge in [0.25, 0.3) is 5.91 Å². The molecule has 0 radical (unpaired) electrons. The van der Waals surface area contributed by atoms with E-state index in [1.54, 1.807) is 31.2 Å². The summed E-state index contributed by atoms with van der Waals surface area (Å²) in [4.78, 5) is 28.8. The number of halogens is 4. The number of urea groups is 1. The van der Waals surface area contributed by atoms with Gasteiger partial charge in [0, 0.05) is 16.4 Å². The molecule has 3 aromatic rings. The first-order valence-corrected chi connectivity index (χ1v) is 9.61. The summed E-state index contributed by atoms with van der Waals surface area (Å²) < 4.78 is 38.5. The van der Waals surface area contributed by atoms with Crippen LogP contribution in [0.4, 0.5) is 34.5 Å². The van der Waals surface area contributed by atoms with Crippen molar-refractivity contribution in [1.29, 1.82) is 0 Å². The SMILES string of the molecule is Cc1nc(NC(=O)Nc2ccc(Cl)cc2)sc1C(=O)Nc1cccc(C(F)(F)F)c1. The summed E-state index contributed by atoms with van der Waals surface area (Å²) in [6.07, 6.45) is -4.52. The van der Waals surface area contributed by atoms with E-state index in [1.807, 2.05) is 0 Å². The number of anilines is 3. The highest BCUT2D eigenvalue weighted by Crippen LogP contribution is 2.31. The van der Waals surface area contributed by atoms with Crippen LogP contribution in [0, 0.1) is 6.92 Å². The maximum atomic E-state index is 12.8. The molecule has 0 spiro atoms. The zero-order valence-electron chi connectivity index (χ0n) is 15.3. The molecule has 156 valence electrons. The fraction of sp³-hybridized carbons (Fsp3) is 0.105. The van der Waals surface area contributed by atoms with Gasteiger partial charge in [0.1, 0.15) is 4.88 Å². The first-order chi connectivity index (χ1) is 14.1. The number of carbonyl (C=O) groups excluding carboxylic acids is 2. The van der Waals surface area contributed by atoms with E-state index in [0.29, 0.717) is 16.4 Å². The van der Waals surface area contributed by atoms with E-state index in [1.165, 1.54) is 12.1 Å². The second kappa shape index (κ2) is 8.72. The van der Waals surface area contributed by atoms with Crippen molar-refractivity contribution in [3.63, 3.8) is 0 Å². The topological polar surface area (TPSA) is 83.1 Å². The van der Waals surface area contributed by atoms with Crippen LogP contribution >= 0.6 is 22.9 Å². The van der Waals surface area contributed by atoms with E-state index in [2.05, 4.69) is 20.9 Å². The Morgan fingerprint density at radius 3 is 2.37 bits per heavy atom. The number of aryl methyl sites for hydroxylation is 1. The second-order valence-corrected chi connectivity index (χ2v) is 7.49. The highest BCUT2D eigenvalue weighted by Gasteiger charge is 2.30. The Hall–Kier alpha value is -3.11. The van der Waals surface area contributed by atoms with E-state index in [-0.39, 0.29) is 15.7 Å². The smallest absolute Gasteiger partial charge is 0.321 e. The van der Waals surface area contributed by atoms with Crippen molar-refractivity contribution in [3.05, 3.63) is 69.7 Å². The number of rotatable bonds is 4. The van der Waals surface area contributed by atoms with Crippen LogP contribution in [0.25, 0.3) is 0 Å². The van der Waals surface area contributed by atoms with Crippen molar-refractivity contribution in [2.75, 3.05) is 16.0 Å². The van der Waals surface area contributed by atoms with Crippen LogP contribution in [0.3, 0.4) is 0 Å². The number of benzene rings is 2. The van der Waals surface area contributed by atoms with Crippen LogP contribution in [0.5, 0.6) is 0 Å². The van der Waals surface area contributed by atoms with Gasteiger partial charge in [0.05, 0.1) is 11.3 Å². The Morgan fingerprint density at radius 1 is 1.00 bits per heavy atom. The predicted molar refractivity (Wildman–Crippen MR) is 110 cm³/mol. The normalized spacial score (nSPS) is 11.1. The van der Waals surface area contributed by atoms with Gasteiger partial charge >= 0.3 is 12.2 Å². The van der Waals surface area contributed by atoms with Crippen LogP contribution in [0.15, 0.2) is 48.5 Å². The minimum atomic E-state index is -4.52. The zero-order valence-corrected chi connectivity index (χ0v) is 16.9. The van der Waals surface area contributed by atoms with Crippen LogP contribution in [-0.2, 0) is 6.18 Å². The van der Waals surface area contributed by atoms with E-state index >= 15 is 0 Å². The Bertz CT molecular complexity index is 1080. The first kappa shape index (κ1) is 21.6. The highest BCUT2D eigenvalue weighted by atomic mass is 35.5. The number of hydrogen-bond acceptors (Lipinski definition) is 4. The summed E-state index contributed by atoms with van der Waals surface area (Å²) in [7, 11) is 0. The standard InChI is InChI=1S/C19H14ClF3N4O2S/c1-10-15(16(28)25-14-4-2-3-11(9-14)19(21,22)23)30-18(24-10)27-17(29)26-13-7-5-12(20)6-8-13/h2-9H,1H3,(H,25,28)(H2,24,26,27,29). The number of carbonyl (C=O) groups is 2. The monoisotopic (exact) mass is 454 g/mol. The number of hydrogen-bond donors (Lipinski definition) is 3. The van der Waals surface area contributed by atoms with Crippen molar-refractivity contribution in [2.24, 2.45) is 0 Å². The third-order valence-electron chi connectivity index (χ3n) is 3.77. The quantitative estimate of drug-likeness (QED) is 0.450. The van der Waals surface area contributed by atoms with Crippen molar-refractivity contribution in [2.45, 2.75) is 13.1 Å². The van der Waals surface area contributed by atoms with Gasteiger partial charge in [-0.15, -0.1) is 0 Å². The van der Waals surface area contributed by atoms with Gasteiger partial charge < -0.3 is 10.6 Å². The van der Waals surface area contributed by atoms with Gasteiger partial charge in [-0.3, -0.25) is 10.1 Å². The van der Waals surface area contributed by atoms with Gasteiger partial charge in [-0.2, -0.15) is 13.2 Å². The molecule has 0 saturated carbocycles. The lowest BCUT2D eigenvalue weighted by Crippen LogP contribution is -2.19. The van der Waals surface area contributed by atoms with Gasteiger partial charge in [-0.1, -0.05) is 29.0 Å². The molecule has 3 rings (SSSR count). The number of amides is 3. The minimum absolute atomic E-state index is 0.00221. The van der Waals surface area contributed by atoms with E-state index in [9.17, 15) is 22.8 Å². The van der Waals surface area contributed by atoms with E-state index < -0.39 is 23.7 Å². The van der Waals surface area contributed by atoms with E-state index in [4.69, 9.17) is 11.6 Å². The van der Waals surface area contributed by atoms with Crippen LogP contribution < -0.4 is 16.0 Å². The molecule has 6 nitrogen and oxygen atoms in total. The molecule has 0 fully saturated rings. The summed E-state index contributed by atoms with van der Waals surface area (Å²) in [5.74, 6) is -0.629. The number of nitrogens with one attached hydrogen (secondary N) is 3. The van der Waals surface area contributed by atoms with Gasteiger partial charge in [-0.25, -0.2) is 9.78 Å². The second-order valence-electron chi connectivity index (χ2n) is 6.05. The van der Waals surface area contributed by atoms with Crippen molar-refractivity contribution in [1.82, 2.24) is 4.98 Å². The molecule has 3 N–H and O–H groups in total. The maximum Gasteiger partial charge on any atom is 0.416 e. The molecule has 0 atom stereocenters. The molecule has 0 aliphatic heterocycles. The summed E-state index contributed by atoms with van der Waals surface area (Å²) in [6, 6.07) is 10.2. The summed E-state index contributed by atoms with van der Waals surface area (Å²) in [5, 5.41) is 8.19. The van der Waals surface area contributed by atoms with Gasteiger partial charge in [0.15, 0.2) is 5.13 Å². The molecule has 30 heavy (non-hydrogen) atoms. The third-order valence-corrected chi connectivity index (χ3v) is 5.10. The fourth-order valence-electron chi connectivity index (χ4n) is 2.41. The minimum Gasteiger partial charge on any atom is -0.321 e. The molecule has 2 aromatic carbocycles. The average molecular weight is 455 g/mol. The lowest BCUT2D eigenvalue weighted by molar-refractivity contribution is -0.137. The molecule has 0 bridgehead atoms. The number of alkyl halides is 3. The molecular weight excluding hydrogens is 441 g/mol. The van der Waals surface area contributed by atoms with Crippen molar-refractivity contribution >= 4 is 51.4 Å². The summed E-state index contributed by atoms with van der Waals surface area (Å²) >= 11 is 6.69. The van der Waals surface area contributed by atoms with Crippen LogP contribution in [-0.4, -0.2) is 16.9 Å². The molecule has 0 unspecified atom stereocenters. The molecule has 0 saturated heterocycles. The van der Waals surface area contributed by atoms with Gasteiger partial charge in [-0.05, 0) is 49.4 Å². The molecule has 0 aliphatic carbocycles. The number of nitrogens with zero attached hydrogens (tertiary/aromatic N) is 1. The Labute approximate surface area is 178 Å². The molecule has 1 aromatic heterocycles. The van der Waals surface area contributed by atoms with Crippen LogP contribution in [0.1, 0.15) is 20.9 Å². The largest absolute Gasteiger partial charge is 0.416 e. The summed E-state index contributed by atoms with van der Waals surface area (Å²) in [5.41, 5.74) is -0.0425. The maximum absolute atomic E-state index is 12.8. The van der Waals surface area contributed by atoms with Crippen molar-refractivity contribution < 1.29 is 22.8 Å². The molecule has 3 amide bonds.